The Labute approximate surface area is 159 Å². The third kappa shape index (κ3) is 3.53. The SMILES string of the molecule is CCCc1cc2nnc(N(C)c3ccccc3)nc2n1Cc1ccccc1. The molecule has 0 saturated heterocycles. The number of nitrogens with zero attached hydrogens (tertiary/aromatic N) is 5. The Morgan fingerprint density at radius 3 is 2.33 bits per heavy atom. The summed E-state index contributed by atoms with van der Waals surface area (Å²) in [5.41, 5.74) is 5.27. The second-order valence-corrected chi connectivity index (χ2v) is 6.67. The highest BCUT2D eigenvalue weighted by atomic mass is 15.3. The van der Waals surface area contributed by atoms with Crippen LogP contribution in [0.5, 0.6) is 0 Å². The molecular weight excluding hydrogens is 334 g/mol. The van der Waals surface area contributed by atoms with E-state index in [1.807, 2.05) is 48.3 Å². The number of aryl methyl sites for hydroxylation is 1. The monoisotopic (exact) mass is 357 g/mol. The molecule has 5 heteroatoms. The van der Waals surface area contributed by atoms with Crippen LogP contribution in [-0.4, -0.2) is 26.8 Å². The van der Waals surface area contributed by atoms with Crippen molar-refractivity contribution in [1.82, 2.24) is 19.7 Å². The van der Waals surface area contributed by atoms with E-state index in [2.05, 4.69) is 52.0 Å². The molecule has 0 bridgehead atoms. The summed E-state index contributed by atoms with van der Waals surface area (Å²) >= 11 is 0. The van der Waals surface area contributed by atoms with E-state index in [-0.39, 0.29) is 0 Å². The van der Waals surface area contributed by atoms with E-state index in [4.69, 9.17) is 4.98 Å². The average Bonchev–Trinajstić information content (AvgIpc) is 3.05. The highest BCUT2D eigenvalue weighted by Crippen LogP contribution is 2.24. The lowest BCUT2D eigenvalue weighted by Crippen LogP contribution is -2.14. The Bertz CT molecular complexity index is 1020. The lowest BCUT2D eigenvalue weighted by atomic mass is 10.2. The van der Waals surface area contributed by atoms with Crippen molar-refractivity contribution in [3.8, 4) is 0 Å². The van der Waals surface area contributed by atoms with Gasteiger partial charge in [-0.05, 0) is 30.2 Å². The molecule has 5 nitrogen and oxygen atoms in total. The predicted molar refractivity (Wildman–Crippen MR) is 109 cm³/mol. The van der Waals surface area contributed by atoms with Crippen LogP contribution in [-0.2, 0) is 13.0 Å². The smallest absolute Gasteiger partial charge is 0.251 e. The molecule has 0 atom stereocenters. The first-order valence-electron chi connectivity index (χ1n) is 9.32. The highest BCUT2D eigenvalue weighted by Gasteiger charge is 2.15. The van der Waals surface area contributed by atoms with Crippen molar-refractivity contribution in [2.24, 2.45) is 0 Å². The van der Waals surface area contributed by atoms with Crippen LogP contribution < -0.4 is 4.90 Å². The summed E-state index contributed by atoms with van der Waals surface area (Å²) in [7, 11) is 1.97. The number of fused-ring (bicyclic) bond motifs is 1. The van der Waals surface area contributed by atoms with Gasteiger partial charge in [-0.25, -0.2) is 0 Å². The molecular formula is C22H23N5. The van der Waals surface area contributed by atoms with Gasteiger partial charge in [0.15, 0.2) is 5.65 Å². The van der Waals surface area contributed by atoms with E-state index in [1.165, 1.54) is 11.3 Å². The molecule has 27 heavy (non-hydrogen) atoms. The lowest BCUT2D eigenvalue weighted by molar-refractivity contribution is 0.738. The fourth-order valence-corrected chi connectivity index (χ4v) is 3.30. The molecule has 0 radical (unpaired) electrons. The Hall–Kier alpha value is -3.21. The van der Waals surface area contributed by atoms with Gasteiger partial charge in [0.1, 0.15) is 5.52 Å². The van der Waals surface area contributed by atoms with E-state index in [0.29, 0.717) is 5.95 Å². The molecule has 4 aromatic rings. The molecule has 0 aliphatic rings. The maximum Gasteiger partial charge on any atom is 0.251 e. The van der Waals surface area contributed by atoms with Crippen molar-refractivity contribution < 1.29 is 0 Å². The predicted octanol–water partition coefficient (Wildman–Crippen LogP) is 4.60. The Morgan fingerprint density at radius 2 is 1.63 bits per heavy atom. The summed E-state index contributed by atoms with van der Waals surface area (Å²) < 4.78 is 2.27. The van der Waals surface area contributed by atoms with Crippen LogP contribution in [0.1, 0.15) is 24.6 Å². The first-order valence-corrected chi connectivity index (χ1v) is 9.32. The molecule has 2 aromatic heterocycles. The van der Waals surface area contributed by atoms with Crippen molar-refractivity contribution in [3.63, 3.8) is 0 Å². The minimum absolute atomic E-state index is 0.601. The molecule has 0 N–H and O–H groups in total. The number of aromatic nitrogens is 4. The van der Waals surface area contributed by atoms with E-state index >= 15 is 0 Å². The molecule has 4 rings (SSSR count). The normalized spacial score (nSPS) is 11.0. The van der Waals surface area contributed by atoms with Gasteiger partial charge in [0.05, 0.1) is 0 Å². The molecule has 2 heterocycles. The van der Waals surface area contributed by atoms with Crippen LogP contribution >= 0.6 is 0 Å². The largest absolute Gasteiger partial charge is 0.324 e. The van der Waals surface area contributed by atoms with Gasteiger partial charge in [-0.3, -0.25) is 0 Å². The number of rotatable bonds is 6. The topological polar surface area (TPSA) is 46.8 Å². The van der Waals surface area contributed by atoms with E-state index in [0.717, 1.165) is 36.2 Å². The van der Waals surface area contributed by atoms with Crippen LogP contribution in [0.15, 0.2) is 66.7 Å². The van der Waals surface area contributed by atoms with Crippen LogP contribution in [0.3, 0.4) is 0 Å². The first-order chi connectivity index (χ1) is 13.3. The zero-order valence-corrected chi connectivity index (χ0v) is 15.7. The maximum absolute atomic E-state index is 4.87. The van der Waals surface area contributed by atoms with Crippen molar-refractivity contribution in [1.29, 1.82) is 0 Å². The van der Waals surface area contributed by atoms with Gasteiger partial charge in [-0.1, -0.05) is 61.9 Å². The Balaban J connectivity index is 1.78. The number of anilines is 2. The van der Waals surface area contributed by atoms with Crippen molar-refractivity contribution in [3.05, 3.63) is 78.0 Å². The molecule has 0 saturated carbocycles. The van der Waals surface area contributed by atoms with Crippen LogP contribution in [0.4, 0.5) is 11.6 Å². The second-order valence-electron chi connectivity index (χ2n) is 6.67. The number of benzene rings is 2. The van der Waals surface area contributed by atoms with Gasteiger partial charge in [0.25, 0.3) is 5.95 Å². The van der Waals surface area contributed by atoms with E-state index < -0.39 is 0 Å². The van der Waals surface area contributed by atoms with Crippen LogP contribution in [0, 0.1) is 0 Å². The van der Waals surface area contributed by atoms with Gasteiger partial charge in [0.2, 0.25) is 0 Å². The number of para-hydroxylation sites is 1. The number of hydrogen-bond acceptors (Lipinski definition) is 4. The zero-order valence-electron chi connectivity index (χ0n) is 15.7. The molecule has 0 unspecified atom stereocenters. The summed E-state index contributed by atoms with van der Waals surface area (Å²) in [6.07, 6.45) is 2.07. The Kier molecular flexibility index (Phi) is 4.83. The molecule has 2 aromatic carbocycles. The quantitative estimate of drug-likeness (QED) is 0.506. The van der Waals surface area contributed by atoms with Gasteiger partial charge in [-0.2, -0.15) is 4.98 Å². The second kappa shape index (κ2) is 7.58. The minimum atomic E-state index is 0.601. The van der Waals surface area contributed by atoms with Crippen LogP contribution in [0.25, 0.3) is 11.2 Å². The van der Waals surface area contributed by atoms with Gasteiger partial charge in [0, 0.05) is 25.0 Å². The van der Waals surface area contributed by atoms with Gasteiger partial charge < -0.3 is 9.47 Å². The highest BCUT2D eigenvalue weighted by molar-refractivity contribution is 5.74. The maximum atomic E-state index is 4.87. The summed E-state index contributed by atoms with van der Waals surface area (Å²) in [4.78, 5) is 6.83. The summed E-state index contributed by atoms with van der Waals surface area (Å²) in [5, 5.41) is 8.81. The molecule has 0 aliphatic carbocycles. The minimum Gasteiger partial charge on any atom is -0.324 e. The standard InChI is InChI=1S/C22H23N5/c1-3-10-19-15-20-21(27(19)16-17-11-6-4-7-12-17)23-22(25-24-20)26(2)18-13-8-5-9-14-18/h4-9,11-15H,3,10,16H2,1-2H3. The van der Waals surface area contributed by atoms with Gasteiger partial charge >= 0.3 is 0 Å². The molecule has 136 valence electrons. The molecule has 0 aliphatic heterocycles. The first kappa shape index (κ1) is 17.2. The van der Waals surface area contributed by atoms with Crippen molar-refractivity contribution in [2.45, 2.75) is 26.3 Å². The summed E-state index contributed by atoms with van der Waals surface area (Å²) in [6, 6.07) is 22.7. The van der Waals surface area contributed by atoms with Crippen molar-refractivity contribution >= 4 is 22.8 Å². The van der Waals surface area contributed by atoms with Gasteiger partial charge in [-0.15, -0.1) is 10.2 Å². The van der Waals surface area contributed by atoms with Crippen LogP contribution in [0.2, 0.25) is 0 Å². The summed E-state index contributed by atoms with van der Waals surface area (Å²) in [5.74, 6) is 0.601. The summed E-state index contributed by atoms with van der Waals surface area (Å²) in [6.45, 7) is 2.98. The lowest BCUT2D eigenvalue weighted by Gasteiger charge is -2.16. The third-order valence-corrected chi connectivity index (χ3v) is 4.72. The van der Waals surface area contributed by atoms with E-state index in [1.54, 1.807) is 0 Å². The van der Waals surface area contributed by atoms with E-state index in [9.17, 15) is 0 Å². The molecule has 0 spiro atoms. The zero-order chi connectivity index (χ0) is 18.6. The fraction of sp³-hybridized carbons (Fsp3) is 0.227. The third-order valence-electron chi connectivity index (χ3n) is 4.72. The average molecular weight is 357 g/mol. The van der Waals surface area contributed by atoms with Crippen molar-refractivity contribution in [2.75, 3.05) is 11.9 Å². The molecule has 0 amide bonds. The molecule has 0 fully saturated rings. The fourth-order valence-electron chi connectivity index (χ4n) is 3.30. The Morgan fingerprint density at radius 1 is 0.926 bits per heavy atom. The number of hydrogen-bond donors (Lipinski definition) is 0.